The Morgan fingerprint density at radius 2 is 1.89 bits per heavy atom. The Kier molecular flexibility index (Phi) is 3.66. The molecule has 0 aliphatic rings. The summed E-state index contributed by atoms with van der Waals surface area (Å²) in [6.07, 6.45) is 0. The van der Waals surface area contributed by atoms with Crippen LogP contribution >= 0.6 is 15.9 Å². The molecule has 0 fully saturated rings. The molecule has 0 spiro atoms. The molecule has 5 nitrogen and oxygen atoms in total. The first kappa shape index (κ1) is 12.6. The van der Waals surface area contributed by atoms with Crippen molar-refractivity contribution in [1.82, 2.24) is 9.97 Å². The van der Waals surface area contributed by atoms with Crippen LogP contribution in [0.25, 0.3) is 0 Å². The minimum absolute atomic E-state index is 0.109. The van der Waals surface area contributed by atoms with Gasteiger partial charge in [0, 0.05) is 4.47 Å². The zero-order valence-corrected chi connectivity index (χ0v) is 11.6. The van der Waals surface area contributed by atoms with Gasteiger partial charge in [-0.1, -0.05) is 15.9 Å². The number of nitrogens with zero attached hydrogens (tertiary/aromatic N) is 2. The lowest BCUT2D eigenvalue weighted by Gasteiger charge is -2.08. The van der Waals surface area contributed by atoms with Crippen molar-refractivity contribution in [3.8, 4) is 17.5 Å². The predicted molar refractivity (Wildman–Crippen MR) is 71.9 cm³/mol. The highest BCUT2D eigenvalue weighted by molar-refractivity contribution is 9.10. The van der Waals surface area contributed by atoms with Gasteiger partial charge in [0.15, 0.2) is 0 Å². The van der Waals surface area contributed by atoms with Crippen LogP contribution in [0.3, 0.4) is 0 Å². The van der Waals surface area contributed by atoms with E-state index in [0.717, 1.165) is 10.0 Å². The number of hydrogen-bond acceptors (Lipinski definition) is 5. The second-order valence-corrected chi connectivity index (χ2v) is 4.47. The fraction of sp³-hybridized carbons (Fsp3) is 0.167. The van der Waals surface area contributed by atoms with Crippen LogP contribution < -0.4 is 15.2 Å². The second-order valence-electron chi connectivity index (χ2n) is 3.62. The minimum Gasteiger partial charge on any atom is -0.481 e. The van der Waals surface area contributed by atoms with Gasteiger partial charge in [0.05, 0.1) is 13.2 Å². The van der Waals surface area contributed by atoms with Gasteiger partial charge in [0.25, 0.3) is 0 Å². The molecule has 1 heterocycles. The van der Waals surface area contributed by atoms with Crippen molar-refractivity contribution in [2.75, 3.05) is 12.8 Å². The van der Waals surface area contributed by atoms with Crippen LogP contribution in [-0.2, 0) is 0 Å². The molecule has 0 radical (unpaired) electrons. The van der Waals surface area contributed by atoms with Crippen molar-refractivity contribution in [2.45, 2.75) is 6.92 Å². The van der Waals surface area contributed by atoms with Crippen LogP contribution in [0.1, 0.15) is 5.56 Å². The number of rotatable bonds is 3. The molecule has 1 aromatic carbocycles. The summed E-state index contributed by atoms with van der Waals surface area (Å²) in [7, 11) is 1.51. The third-order valence-corrected chi connectivity index (χ3v) is 3.15. The Morgan fingerprint density at radius 3 is 2.56 bits per heavy atom. The van der Waals surface area contributed by atoms with E-state index in [1.165, 1.54) is 7.11 Å². The summed E-state index contributed by atoms with van der Waals surface area (Å²) < 4.78 is 11.6. The molecule has 2 N–H and O–H groups in total. The van der Waals surface area contributed by atoms with Crippen molar-refractivity contribution in [3.63, 3.8) is 0 Å². The molecule has 94 valence electrons. The van der Waals surface area contributed by atoms with E-state index in [4.69, 9.17) is 15.2 Å². The van der Waals surface area contributed by atoms with Crippen molar-refractivity contribution < 1.29 is 9.47 Å². The second kappa shape index (κ2) is 5.22. The van der Waals surface area contributed by atoms with Crippen molar-refractivity contribution in [3.05, 3.63) is 34.3 Å². The lowest BCUT2D eigenvalue weighted by molar-refractivity contribution is 0.389. The summed E-state index contributed by atoms with van der Waals surface area (Å²) >= 11 is 3.43. The minimum atomic E-state index is 0.109. The number of aromatic nitrogens is 2. The fourth-order valence-corrected chi connectivity index (χ4v) is 1.63. The average molecular weight is 310 g/mol. The Balaban J connectivity index is 2.27. The van der Waals surface area contributed by atoms with Gasteiger partial charge in [-0.15, -0.1) is 0 Å². The first-order chi connectivity index (χ1) is 8.58. The standard InChI is InChI=1S/C12H12BrN3O2/c1-7-5-8(3-4-9(7)13)18-11-6-10(17-2)15-12(14)16-11/h3-6H,1-2H3,(H2,14,15,16). The summed E-state index contributed by atoms with van der Waals surface area (Å²) in [5.74, 6) is 1.50. The van der Waals surface area contributed by atoms with E-state index in [-0.39, 0.29) is 5.95 Å². The molecule has 18 heavy (non-hydrogen) atoms. The molecule has 1 aromatic heterocycles. The fourth-order valence-electron chi connectivity index (χ4n) is 1.38. The third kappa shape index (κ3) is 2.89. The summed E-state index contributed by atoms with van der Waals surface area (Å²) in [4.78, 5) is 7.86. The molecule has 0 saturated heterocycles. The van der Waals surface area contributed by atoms with Gasteiger partial charge in [-0.3, -0.25) is 0 Å². The number of nitrogens with two attached hydrogens (primary N) is 1. The van der Waals surface area contributed by atoms with Gasteiger partial charge in [-0.2, -0.15) is 9.97 Å². The quantitative estimate of drug-likeness (QED) is 0.944. The number of benzene rings is 1. The lowest BCUT2D eigenvalue weighted by Crippen LogP contribution is -1.99. The van der Waals surface area contributed by atoms with Crippen LogP contribution in [0.2, 0.25) is 0 Å². The van der Waals surface area contributed by atoms with Gasteiger partial charge in [-0.25, -0.2) is 0 Å². The molecule has 0 unspecified atom stereocenters. The van der Waals surface area contributed by atoms with Crippen LogP contribution in [-0.4, -0.2) is 17.1 Å². The first-order valence-electron chi connectivity index (χ1n) is 5.21. The molecular formula is C12H12BrN3O2. The zero-order chi connectivity index (χ0) is 13.1. The number of anilines is 1. The van der Waals surface area contributed by atoms with Crippen molar-refractivity contribution in [1.29, 1.82) is 0 Å². The highest BCUT2D eigenvalue weighted by Gasteiger charge is 2.05. The maximum atomic E-state index is 5.61. The summed E-state index contributed by atoms with van der Waals surface area (Å²) in [5, 5.41) is 0. The predicted octanol–water partition coefficient (Wildman–Crippen LogP) is 2.93. The van der Waals surface area contributed by atoms with E-state index in [9.17, 15) is 0 Å². The number of methoxy groups -OCH3 is 1. The van der Waals surface area contributed by atoms with E-state index >= 15 is 0 Å². The molecular weight excluding hydrogens is 298 g/mol. The Hall–Kier alpha value is -1.82. The van der Waals surface area contributed by atoms with Crippen molar-refractivity contribution in [2.24, 2.45) is 0 Å². The molecule has 0 amide bonds. The molecule has 2 rings (SSSR count). The molecule has 0 aliphatic heterocycles. The topological polar surface area (TPSA) is 70.3 Å². The maximum Gasteiger partial charge on any atom is 0.227 e. The van der Waals surface area contributed by atoms with E-state index < -0.39 is 0 Å². The monoisotopic (exact) mass is 309 g/mol. The van der Waals surface area contributed by atoms with Gasteiger partial charge < -0.3 is 15.2 Å². The Bertz CT molecular complexity index is 575. The SMILES string of the molecule is COc1cc(Oc2ccc(Br)c(C)c2)nc(N)n1. The largest absolute Gasteiger partial charge is 0.481 e. The highest BCUT2D eigenvalue weighted by atomic mass is 79.9. The van der Waals surface area contributed by atoms with E-state index in [2.05, 4.69) is 25.9 Å². The lowest BCUT2D eigenvalue weighted by atomic mass is 10.2. The summed E-state index contributed by atoms with van der Waals surface area (Å²) in [6.45, 7) is 1.98. The van der Waals surface area contributed by atoms with Crippen LogP contribution in [0.5, 0.6) is 17.5 Å². The van der Waals surface area contributed by atoms with E-state index in [1.807, 2.05) is 25.1 Å². The number of hydrogen-bond donors (Lipinski definition) is 1. The van der Waals surface area contributed by atoms with Crippen LogP contribution in [0.15, 0.2) is 28.7 Å². The smallest absolute Gasteiger partial charge is 0.227 e. The number of nitrogen functional groups attached to an aromatic ring is 1. The molecule has 6 heteroatoms. The average Bonchev–Trinajstić information content (AvgIpc) is 2.33. The maximum absolute atomic E-state index is 5.61. The van der Waals surface area contributed by atoms with Crippen molar-refractivity contribution >= 4 is 21.9 Å². The van der Waals surface area contributed by atoms with E-state index in [0.29, 0.717) is 17.5 Å². The van der Waals surface area contributed by atoms with Gasteiger partial charge in [0.2, 0.25) is 17.7 Å². The van der Waals surface area contributed by atoms with Gasteiger partial charge in [-0.05, 0) is 30.7 Å². The Morgan fingerprint density at radius 1 is 1.17 bits per heavy atom. The first-order valence-corrected chi connectivity index (χ1v) is 6.00. The zero-order valence-electron chi connectivity index (χ0n) is 9.98. The summed E-state index contributed by atoms with van der Waals surface area (Å²) in [6, 6.07) is 7.22. The molecule has 0 atom stereocenters. The van der Waals surface area contributed by atoms with Crippen LogP contribution in [0.4, 0.5) is 5.95 Å². The molecule has 0 aliphatic carbocycles. The molecule has 2 aromatic rings. The normalized spacial score (nSPS) is 10.2. The molecule has 0 bridgehead atoms. The number of aryl methyl sites for hydroxylation is 1. The third-order valence-electron chi connectivity index (χ3n) is 2.26. The van der Waals surface area contributed by atoms with Gasteiger partial charge >= 0.3 is 0 Å². The number of ether oxygens (including phenoxy) is 2. The van der Waals surface area contributed by atoms with E-state index in [1.54, 1.807) is 6.07 Å². The summed E-state index contributed by atoms with van der Waals surface area (Å²) in [5.41, 5.74) is 6.62. The Labute approximate surface area is 113 Å². The molecule has 0 saturated carbocycles. The highest BCUT2D eigenvalue weighted by Crippen LogP contribution is 2.26. The van der Waals surface area contributed by atoms with Gasteiger partial charge in [0.1, 0.15) is 5.75 Å². The number of halogens is 1. The van der Waals surface area contributed by atoms with Crippen LogP contribution in [0, 0.1) is 6.92 Å².